The van der Waals surface area contributed by atoms with E-state index in [1.54, 1.807) is 0 Å². The van der Waals surface area contributed by atoms with Crippen LogP contribution in [0.15, 0.2) is 0 Å². The molecule has 2 unspecified atom stereocenters. The van der Waals surface area contributed by atoms with Gasteiger partial charge in [-0.15, -0.1) is 0 Å². The molecule has 0 saturated carbocycles. The zero-order chi connectivity index (χ0) is 11.7. The summed E-state index contributed by atoms with van der Waals surface area (Å²) in [6, 6.07) is 0. The molecule has 1 nitrogen and oxygen atoms in total. The third-order valence-electron chi connectivity index (χ3n) is 3.45. The molecule has 0 rings (SSSR count). The second kappa shape index (κ2) is 9.21. The van der Waals surface area contributed by atoms with Gasteiger partial charge in [-0.05, 0) is 38.9 Å². The largest absolute Gasteiger partial charge is 0.309 e. The van der Waals surface area contributed by atoms with Crippen molar-refractivity contribution in [1.29, 1.82) is 0 Å². The van der Waals surface area contributed by atoms with Gasteiger partial charge in [0.1, 0.15) is 0 Å². The minimum absolute atomic E-state index is 0.920. The van der Waals surface area contributed by atoms with Gasteiger partial charge in [-0.3, -0.25) is 0 Å². The van der Waals surface area contributed by atoms with E-state index in [9.17, 15) is 0 Å². The van der Waals surface area contributed by atoms with Crippen LogP contribution in [0.2, 0.25) is 0 Å². The summed E-state index contributed by atoms with van der Waals surface area (Å²) >= 11 is 0. The van der Waals surface area contributed by atoms with E-state index in [0.717, 1.165) is 11.8 Å². The van der Waals surface area contributed by atoms with Crippen molar-refractivity contribution in [3.05, 3.63) is 0 Å². The van der Waals surface area contributed by atoms with Gasteiger partial charge in [-0.1, -0.05) is 52.9 Å². The van der Waals surface area contributed by atoms with Crippen LogP contribution >= 0.6 is 0 Å². The molecule has 0 aromatic heterocycles. The van der Waals surface area contributed by atoms with Gasteiger partial charge in [-0.25, -0.2) is 0 Å². The van der Waals surface area contributed by atoms with Crippen molar-refractivity contribution in [2.24, 2.45) is 11.8 Å². The minimum Gasteiger partial charge on any atom is -0.309 e. The van der Waals surface area contributed by atoms with Crippen LogP contribution in [0.5, 0.6) is 0 Å². The van der Waals surface area contributed by atoms with Crippen LogP contribution in [-0.2, 0) is 0 Å². The monoisotopic (exact) mass is 213 g/mol. The maximum absolute atomic E-state index is 2.38. The van der Waals surface area contributed by atoms with E-state index in [1.807, 2.05) is 0 Å². The summed E-state index contributed by atoms with van der Waals surface area (Å²) in [5.74, 6) is 1.88. The van der Waals surface area contributed by atoms with Crippen molar-refractivity contribution < 1.29 is 0 Å². The Morgan fingerprint density at radius 3 is 2.07 bits per heavy atom. The lowest BCUT2D eigenvalue weighted by Crippen LogP contribution is -2.17. The Hall–Kier alpha value is -0.0400. The van der Waals surface area contributed by atoms with Gasteiger partial charge >= 0.3 is 0 Å². The summed E-state index contributed by atoms with van der Waals surface area (Å²) in [5.41, 5.74) is 0. The van der Waals surface area contributed by atoms with Crippen molar-refractivity contribution in [2.75, 3.05) is 20.6 Å². The van der Waals surface area contributed by atoms with Crippen molar-refractivity contribution in [3.8, 4) is 0 Å². The fraction of sp³-hybridized carbons (Fsp3) is 1.00. The van der Waals surface area contributed by atoms with E-state index in [2.05, 4.69) is 39.8 Å². The number of rotatable bonds is 9. The van der Waals surface area contributed by atoms with Crippen LogP contribution in [0.1, 0.15) is 59.3 Å². The average Bonchev–Trinajstić information content (AvgIpc) is 2.21. The van der Waals surface area contributed by atoms with E-state index in [0.29, 0.717) is 0 Å². The molecule has 0 aromatic carbocycles. The maximum Gasteiger partial charge on any atom is -0.00222 e. The summed E-state index contributed by atoms with van der Waals surface area (Å²) < 4.78 is 0. The first-order valence-electron chi connectivity index (χ1n) is 6.74. The first kappa shape index (κ1) is 15.0. The first-order valence-corrected chi connectivity index (χ1v) is 6.74. The fourth-order valence-electron chi connectivity index (χ4n) is 2.01. The molecular weight excluding hydrogens is 182 g/mol. The molecule has 0 radical (unpaired) electrons. The molecule has 0 aliphatic heterocycles. The van der Waals surface area contributed by atoms with Crippen LogP contribution in [0.4, 0.5) is 0 Å². The Kier molecular flexibility index (Phi) is 9.18. The predicted molar refractivity (Wildman–Crippen MR) is 70.3 cm³/mol. The predicted octanol–water partition coefficient (Wildman–Crippen LogP) is 4.18. The molecule has 0 N–H and O–H groups in total. The molecule has 0 heterocycles. The fourth-order valence-corrected chi connectivity index (χ4v) is 2.01. The van der Waals surface area contributed by atoms with Gasteiger partial charge in [0.25, 0.3) is 0 Å². The van der Waals surface area contributed by atoms with Crippen molar-refractivity contribution in [2.45, 2.75) is 59.3 Å². The van der Waals surface area contributed by atoms with E-state index >= 15 is 0 Å². The van der Waals surface area contributed by atoms with Crippen molar-refractivity contribution in [3.63, 3.8) is 0 Å². The van der Waals surface area contributed by atoms with Crippen molar-refractivity contribution in [1.82, 2.24) is 4.90 Å². The van der Waals surface area contributed by atoms with E-state index in [4.69, 9.17) is 0 Å². The van der Waals surface area contributed by atoms with Gasteiger partial charge in [0.15, 0.2) is 0 Å². The zero-order valence-corrected chi connectivity index (χ0v) is 11.6. The highest BCUT2D eigenvalue weighted by atomic mass is 15.0. The SMILES string of the molecule is CCCC(CCC(C)CC)CCN(C)C. The van der Waals surface area contributed by atoms with Crippen LogP contribution in [0.25, 0.3) is 0 Å². The van der Waals surface area contributed by atoms with Crippen LogP contribution in [0.3, 0.4) is 0 Å². The lowest BCUT2D eigenvalue weighted by molar-refractivity contribution is 0.308. The topological polar surface area (TPSA) is 3.24 Å². The van der Waals surface area contributed by atoms with Gasteiger partial charge in [0.05, 0.1) is 0 Å². The third-order valence-corrected chi connectivity index (χ3v) is 3.45. The molecule has 1 heteroatoms. The Labute approximate surface area is 97.2 Å². The lowest BCUT2D eigenvalue weighted by atomic mass is 9.90. The van der Waals surface area contributed by atoms with Crippen LogP contribution < -0.4 is 0 Å². The second-order valence-electron chi connectivity index (χ2n) is 5.34. The van der Waals surface area contributed by atoms with Crippen LogP contribution in [-0.4, -0.2) is 25.5 Å². The molecule has 0 saturated heterocycles. The molecule has 0 amide bonds. The summed E-state index contributed by atoms with van der Waals surface area (Å²) in [5, 5.41) is 0. The smallest absolute Gasteiger partial charge is 0.00222 e. The summed E-state index contributed by atoms with van der Waals surface area (Å²) in [6.07, 6.45) is 8.36. The molecule has 15 heavy (non-hydrogen) atoms. The standard InChI is InChI=1S/C14H31N/c1-6-8-14(11-12-15(4)5)10-9-13(3)7-2/h13-14H,6-12H2,1-5H3. The van der Waals surface area contributed by atoms with E-state index < -0.39 is 0 Å². The number of hydrogen-bond acceptors (Lipinski definition) is 1. The molecule has 0 bridgehead atoms. The summed E-state index contributed by atoms with van der Waals surface area (Å²) in [4.78, 5) is 2.31. The average molecular weight is 213 g/mol. The molecule has 0 spiro atoms. The molecular formula is C14H31N. The van der Waals surface area contributed by atoms with Gasteiger partial charge in [-0.2, -0.15) is 0 Å². The highest BCUT2D eigenvalue weighted by molar-refractivity contribution is 4.63. The second-order valence-corrected chi connectivity index (χ2v) is 5.34. The molecule has 92 valence electrons. The number of nitrogens with zero attached hydrogens (tertiary/aromatic N) is 1. The lowest BCUT2D eigenvalue weighted by Gasteiger charge is -2.20. The Morgan fingerprint density at radius 2 is 1.60 bits per heavy atom. The molecule has 0 aromatic rings. The van der Waals surface area contributed by atoms with Crippen molar-refractivity contribution >= 4 is 0 Å². The maximum atomic E-state index is 2.38. The summed E-state index contributed by atoms with van der Waals surface area (Å²) in [7, 11) is 4.36. The molecule has 0 aliphatic carbocycles. The molecule has 0 aliphatic rings. The Morgan fingerprint density at radius 1 is 0.933 bits per heavy atom. The first-order chi connectivity index (χ1) is 7.10. The highest BCUT2D eigenvalue weighted by Gasteiger charge is 2.09. The summed E-state index contributed by atoms with van der Waals surface area (Å²) in [6.45, 7) is 8.26. The van der Waals surface area contributed by atoms with Gasteiger partial charge in [0, 0.05) is 0 Å². The normalized spacial score (nSPS) is 15.6. The quantitative estimate of drug-likeness (QED) is 0.555. The van der Waals surface area contributed by atoms with Gasteiger partial charge in [0.2, 0.25) is 0 Å². The Bertz CT molecular complexity index is 131. The Balaban J connectivity index is 3.72. The minimum atomic E-state index is 0.920. The number of hydrogen-bond donors (Lipinski definition) is 0. The molecule has 0 fully saturated rings. The van der Waals surface area contributed by atoms with Gasteiger partial charge < -0.3 is 4.90 Å². The highest BCUT2D eigenvalue weighted by Crippen LogP contribution is 2.21. The zero-order valence-electron chi connectivity index (χ0n) is 11.6. The third kappa shape index (κ3) is 8.92. The van der Waals surface area contributed by atoms with Crippen LogP contribution in [0, 0.1) is 11.8 Å². The van der Waals surface area contributed by atoms with E-state index in [1.165, 1.54) is 45.1 Å². The van der Waals surface area contributed by atoms with E-state index in [-0.39, 0.29) is 0 Å². The molecule has 2 atom stereocenters.